The number of phenolic OH excluding ortho intramolecular Hbond substituents is 1. The first kappa shape index (κ1) is 12.3. The second-order valence-corrected chi connectivity index (χ2v) is 4.38. The molecule has 0 radical (unpaired) electrons. The molecule has 0 unspecified atom stereocenters. The van der Waals surface area contributed by atoms with E-state index in [0.29, 0.717) is 5.56 Å². The lowest BCUT2D eigenvalue weighted by Crippen LogP contribution is -1.88. The number of phenols is 1. The van der Waals surface area contributed by atoms with E-state index in [2.05, 4.69) is 10.2 Å². The maximum Gasteiger partial charge on any atom is 0.126 e. The van der Waals surface area contributed by atoms with Crippen molar-refractivity contribution in [2.75, 3.05) is 7.11 Å². The summed E-state index contributed by atoms with van der Waals surface area (Å²) < 4.78 is 5.39. The second kappa shape index (κ2) is 5.09. The van der Waals surface area contributed by atoms with E-state index in [4.69, 9.17) is 4.74 Å². The molecule has 2 N–H and O–H groups in total. The Bertz CT molecular complexity index is 735. The molecular formula is C16H14N2O2. The van der Waals surface area contributed by atoms with Gasteiger partial charge in [-0.2, -0.15) is 5.10 Å². The highest BCUT2D eigenvalue weighted by Gasteiger charge is 2.15. The monoisotopic (exact) mass is 266 g/mol. The SMILES string of the molecule is COc1ccccc1-c1cn[nH]c1-c1ccccc1O. The maximum atomic E-state index is 10.0. The molecule has 0 spiro atoms. The van der Waals surface area contributed by atoms with Gasteiger partial charge in [-0.1, -0.05) is 30.3 Å². The van der Waals surface area contributed by atoms with Gasteiger partial charge in [0, 0.05) is 16.7 Å². The number of rotatable bonds is 3. The van der Waals surface area contributed by atoms with Crippen molar-refractivity contribution in [1.82, 2.24) is 10.2 Å². The van der Waals surface area contributed by atoms with Crippen LogP contribution >= 0.6 is 0 Å². The van der Waals surface area contributed by atoms with E-state index in [1.165, 1.54) is 0 Å². The Balaban J connectivity index is 2.19. The normalized spacial score (nSPS) is 10.4. The number of hydrogen-bond acceptors (Lipinski definition) is 3. The van der Waals surface area contributed by atoms with Crippen molar-refractivity contribution >= 4 is 0 Å². The Morgan fingerprint density at radius 1 is 0.950 bits per heavy atom. The molecule has 20 heavy (non-hydrogen) atoms. The minimum absolute atomic E-state index is 0.216. The lowest BCUT2D eigenvalue weighted by Gasteiger charge is -2.09. The van der Waals surface area contributed by atoms with Gasteiger partial charge in [-0.05, 0) is 18.2 Å². The van der Waals surface area contributed by atoms with Gasteiger partial charge in [0.15, 0.2) is 0 Å². The van der Waals surface area contributed by atoms with Gasteiger partial charge in [0.1, 0.15) is 11.5 Å². The van der Waals surface area contributed by atoms with Crippen molar-refractivity contribution in [1.29, 1.82) is 0 Å². The van der Waals surface area contributed by atoms with E-state index in [0.717, 1.165) is 22.6 Å². The summed E-state index contributed by atoms with van der Waals surface area (Å²) >= 11 is 0. The summed E-state index contributed by atoms with van der Waals surface area (Å²) in [5.41, 5.74) is 3.31. The molecule has 100 valence electrons. The van der Waals surface area contributed by atoms with Crippen molar-refractivity contribution in [2.45, 2.75) is 0 Å². The van der Waals surface area contributed by atoms with Crippen molar-refractivity contribution in [3.8, 4) is 33.9 Å². The minimum Gasteiger partial charge on any atom is -0.507 e. The Labute approximate surface area is 116 Å². The van der Waals surface area contributed by atoms with Crippen LogP contribution in [0.2, 0.25) is 0 Å². The smallest absolute Gasteiger partial charge is 0.126 e. The fraction of sp³-hybridized carbons (Fsp3) is 0.0625. The average Bonchev–Trinajstić information content (AvgIpc) is 2.96. The third kappa shape index (κ3) is 2.01. The zero-order chi connectivity index (χ0) is 13.9. The highest BCUT2D eigenvalue weighted by atomic mass is 16.5. The van der Waals surface area contributed by atoms with Crippen LogP contribution in [0.25, 0.3) is 22.4 Å². The third-order valence-electron chi connectivity index (χ3n) is 3.21. The Morgan fingerprint density at radius 2 is 1.65 bits per heavy atom. The predicted molar refractivity (Wildman–Crippen MR) is 77.7 cm³/mol. The number of aromatic amines is 1. The number of benzene rings is 2. The van der Waals surface area contributed by atoms with E-state index < -0.39 is 0 Å². The minimum atomic E-state index is 0.216. The Morgan fingerprint density at radius 3 is 2.40 bits per heavy atom. The van der Waals surface area contributed by atoms with Gasteiger partial charge in [0.25, 0.3) is 0 Å². The number of ether oxygens (including phenoxy) is 1. The zero-order valence-corrected chi connectivity index (χ0v) is 11.0. The summed E-state index contributed by atoms with van der Waals surface area (Å²) in [4.78, 5) is 0. The molecule has 0 amide bonds. The number of hydrogen-bond donors (Lipinski definition) is 2. The fourth-order valence-electron chi connectivity index (χ4n) is 2.25. The molecule has 3 aromatic rings. The first-order chi connectivity index (χ1) is 9.81. The summed E-state index contributed by atoms with van der Waals surface area (Å²) in [5.74, 6) is 0.985. The predicted octanol–water partition coefficient (Wildman–Crippen LogP) is 3.46. The lowest BCUT2D eigenvalue weighted by atomic mass is 10.0. The van der Waals surface area contributed by atoms with Gasteiger partial charge in [-0.25, -0.2) is 0 Å². The van der Waals surface area contributed by atoms with E-state index in [9.17, 15) is 5.11 Å². The molecule has 0 bridgehead atoms. The first-order valence-corrected chi connectivity index (χ1v) is 6.26. The number of aromatic hydroxyl groups is 1. The molecular weight excluding hydrogens is 252 g/mol. The Kier molecular flexibility index (Phi) is 3.13. The van der Waals surface area contributed by atoms with Crippen LogP contribution in [0.5, 0.6) is 11.5 Å². The van der Waals surface area contributed by atoms with E-state index >= 15 is 0 Å². The van der Waals surface area contributed by atoms with Gasteiger partial charge in [0.05, 0.1) is 19.0 Å². The molecule has 1 aromatic heterocycles. The number of methoxy groups -OCH3 is 1. The highest BCUT2D eigenvalue weighted by molar-refractivity contribution is 5.85. The quantitative estimate of drug-likeness (QED) is 0.763. The third-order valence-corrected chi connectivity index (χ3v) is 3.21. The van der Waals surface area contributed by atoms with E-state index in [1.807, 2.05) is 36.4 Å². The molecule has 0 aliphatic heterocycles. The molecule has 1 heterocycles. The van der Waals surface area contributed by atoms with Crippen molar-refractivity contribution in [3.05, 3.63) is 54.7 Å². The van der Waals surface area contributed by atoms with Gasteiger partial charge >= 0.3 is 0 Å². The molecule has 4 heteroatoms. The fourth-order valence-corrected chi connectivity index (χ4v) is 2.25. The van der Waals surface area contributed by atoms with Crippen LogP contribution in [0.4, 0.5) is 0 Å². The molecule has 4 nitrogen and oxygen atoms in total. The van der Waals surface area contributed by atoms with Crippen molar-refractivity contribution in [3.63, 3.8) is 0 Å². The first-order valence-electron chi connectivity index (χ1n) is 6.26. The lowest BCUT2D eigenvalue weighted by molar-refractivity contribution is 0.416. The van der Waals surface area contributed by atoms with Gasteiger partial charge in [-0.15, -0.1) is 0 Å². The molecule has 0 fully saturated rings. The summed E-state index contributed by atoms with van der Waals surface area (Å²) in [7, 11) is 1.64. The standard InChI is InChI=1S/C16H14N2O2/c1-20-15-9-5-3-6-11(15)13-10-17-18-16(13)12-7-2-4-8-14(12)19/h2-10,19H,1H3,(H,17,18). The molecule has 3 rings (SSSR count). The number of H-pyrrole nitrogens is 1. The van der Waals surface area contributed by atoms with Gasteiger partial charge in [-0.3, -0.25) is 5.10 Å². The largest absolute Gasteiger partial charge is 0.507 e. The summed E-state index contributed by atoms with van der Waals surface area (Å²) in [6, 6.07) is 14.9. The zero-order valence-electron chi connectivity index (χ0n) is 11.0. The van der Waals surface area contributed by atoms with Crippen LogP contribution in [-0.2, 0) is 0 Å². The van der Waals surface area contributed by atoms with Crippen molar-refractivity contribution < 1.29 is 9.84 Å². The van der Waals surface area contributed by atoms with Crippen molar-refractivity contribution in [2.24, 2.45) is 0 Å². The topological polar surface area (TPSA) is 58.1 Å². The number of nitrogens with one attached hydrogen (secondary N) is 1. The van der Waals surface area contributed by atoms with Gasteiger partial charge in [0.2, 0.25) is 0 Å². The molecule has 0 atom stereocenters. The van der Waals surface area contributed by atoms with Crippen LogP contribution < -0.4 is 4.74 Å². The highest BCUT2D eigenvalue weighted by Crippen LogP contribution is 2.38. The summed E-state index contributed by atoms with van der Waals surface area (Å²) in [5, 5.41) is 17.0. The van der Waals surface area contributed by atoms with Crippen LogP contribution in [-0.4, -0.2) is 22.4 Å². The summed E-state index contributed by atoms with van der Waals surface area (Å²) in [6.45, 7) is 0. The Hall–Kier alpha value is -2.75. The molecule has 2 aromatic carbocycles. The number of para-hydroxylation sites is 2. The van der Waals surface area contributed by atoms with Crippen LogP contribution in [0.1, 0.15) is 0 Å². The second-order valence-electron chi connectivity index (χ2n) is 4.38. The maximum absolute atomic E-state index is 10.0. The molecule has 0 aliphatic rings. The van der Waals surface area contributed by atoms with Crippen LogP contribution in [0.15, 0.2) is 54.7 Å². The van der Waals surface area contributed by atoms with Crippen LogP contribution in [0, 0.1) is 0 Å². The number of aromatic nitrogens is 2. The summed E-state index contributed by atoms with van der Waals surface area (Å²) in [6.07, 6.45) is 1.74. The van der Waals surface area contributed by atoms with Crippen LogP contribution in [0.3, 0.4) is 0 Å². The average molecular weight is 266 g/mol. The molecule has 0 saturated carbocycles. The van der Waals surface area contributed by atoms with E-state index in [1.54, 1.807) is 25.4 Å². The molecule has 0 aliphatic carbocycles. The molecule has 0 saturated heterocycles. The van der Waals surface area contributed by atoms with Gasteiger partial charge < -0.3 is 9.84 Å². The van der Waals surface area contributed by atoms with E-state index in [-0.39, 0.29) is 5.75 Å². The number of nitrogens with zero attached hydrogens (tertiary/aromatic N) is 1.